The summed E-state index contributed by atoms with van der Waals surface area (Å²) in [7, 11) is 1.56. The van der Waals surface area contributed by atoms with Gasteiger partial charge in [-0.25, -0.2) is 4.79 Å². The quantitative estimate of drug-likeness (QED) is 0.773. The number of aryl methyl sites for hydroxylation is 1. The minimum Gasteiger partial charge on any atom is -0.406 e. The van der Waals surface area contributed by atoms with Crippen molar-refractivity contribution in [2.45, 2.75) is 25.9 Å². The zero-order chi connectivity index (χ0) is 18.3. The van der Waals surface area contributed by atoms with Gasteiger partial charge in [0, 0.05) is 32.9 Å². The van der Waals surface area contributed by atoms with E-state index in [0.29, 0.717) is 25.1 Å². The van der Waals surface area contributed by atoms with Crippen LogP contribution in [0.15, 0.2) is 36.7 Å². The Labute approximate surface area is 142 Å². The van der Waals surface area contributed by atoms with Gasteiger partial charge in [-0.2, -0.15) is 0 Å². The van der Waals surface area contributed by atoms with Gasteiger partial charge in [0.05, 0.1) is 6.20 Å². The molecule has 25 heavy (non-hydrogen) atoms. The van der Waals surface area contributed by atoms with Crippen LogP contribution in [0.4, 0.5) is 18.0 Å². The molecule has 0 atom stereocenters. The van der Waals surface area contributed by atoms with Crippen LogP contribution in [0, 0.1) is 0 Å². The number of benzene rings is 1. The summed E-state index contributed by atoms with van der Waals surface area (Å²) in [5.41, 5.74) is 0.530. The zero-order valence-electron chi connectivity index (χ0n) is 13.5. The maximum atomic E-state index is 12.2. The minimum absolute atomic E-state index is 0.157. The average molecular weight is 357 g/mol. The first-order valence-electron chi connectivity index (χ1n) is 7.51. The summed E-state index contributed by atoms with van der Waals surface area (Å²) in [6.45, 7) is 1.23. The van der Waals surface area contributed by atoms with E-state index in [0.717, 1.165) is 0 Å². The molecule has 10 heteroatoms. The highest BCUT2D eigenvalue weighted by Crippen LogP contribution is 2.23. The molecule has 0 saturated carbocycles. The van der Waals surface area contributed by atoms with Gasteiger partial charge in [0.2, 0.25) is 0 Å². The lowest BCUT2D eigenvalue weighted by Crippen LogP contribution is -2.37. The summed E-state index contributed by atoms with van der Waals surface area (Å²) < 4.78 is 42.2. The summed E-state index contributed by atoms with van der Waals surface area (Å²) in [6.07, 6.45) is -0.767. The van der Waals surface area contributed by atoms with Crippen LogP contribution in [0.1, 0.15) is 12.0 Å². The standard InChI is InChI=1S/C15H18F3N5O2/c1-22(14(24)19-6-3-8-23-9-7-20-21-23)11-12-4-2-5-13(10-12)25-15(16,17)18/h2,4-5,7,9-10H,3,6,8,11H2,1H3,(H,19,24). The number of rotatable bonds is 7. The molecule has 7 nitrogen and oxygen atoms in total. The zero-order valence-corrected chi connectivity index (χ0v) is 13.5. The van der Waals surface area contributed by atoms with Crippen molar-refractivity contribution in [2.75, 3.05) is 13.6 Å². The maximum Gasteiger partial charge on any atom is 0.573 e. The Morgan fingerprint density at radius 3 is 2.88 bits per heavy atom. The second kappa shape index (κ2) is 8.36. The highest BCUT2D eigenvalue weighted by atomic mass is 19.4. The molecule has 1 aromatic carbocycles. The SMILES string of the molecule is CN(Cc1cccc(OC(F)(F)F)c1)C(=O)NCCCn1ccnn1. The van der Waals surface area contributed by atoms with Gasteiger partial charge in [0.1, 0.15) is 5.75 Å². The van der Waals surface area contributed by atoms with Crippen molar-refractivity contribution >= 4 is 6.03 Å². The monoisotopic (exact) mass is 357 g/mol. The lowest BCUT2D eigenvalue weighted by Gasteiger charge is -2.18. The number of amides is 2. The Balaban J connectivity index is 1.77. The lowest BCUT2D eigenvalue weighted by molar-refractivity contribution is -0.274. The summed E-state index contributed by atoms with van der Waals surface area (Å²) in [4.78, 5) is 13.4. The fourth-order valence-corrected chi connectivity index (χ4v) is 2.11. The van der Waals surface area contributed by atoms with Crippen LogP contribution in [0.2, 0.25) is 0 Å². The molecular formula is C15H18F3N5O2. The number of urea groups is 1. The molecule has 0 unspecified atom stereocenters. The average Bonchev–Trinajstić information content (AvgIpc) is 3.03. The predicted molar refractivity (Wildman–Crippen MR) is 82.6 cm³/mol. The van der Waals surface area contributed by atoms with Gasteiger partial charge in [-0.05, 0) is 24.1 Å². The van der Waals surface area contributed by atoms with E-state index in [9.17, 15) is 18.0 Å². The maximum absolute atomic E-state index is 12.2. The van der Waals surface area contributed by atoms with E-state index in [1.807, 2.05) is 0 Å². The number of nitrogens with one attached hydrogen (secondary N) is 1. The van der Waals surface area contributed by atoms with Crippen LogP contribution in [-0.4, -0.2) is 45.9 Å². The van der Waals surface area contributed by atoms with E-state index in [-0.39, 0.29) is 18.3 Å². The van der Waals surface area contributed by atoms with E-state index < -0.39 is 6.36 Å². The number of aromatic nitrogens is 3. The van der Waals surface area contributed by atoms with Crippen LogP contribution >= 0.6 is 0 Å². The van der Waals surface area contributed by atoms with Crippen molar-refractivity contribution < 1.29 is 22.7 Å². The van der Waals surface area contributed by atoms with E-state index in [1.165, 1.54) is 23.1 Å². The van der Waals surface area contributed by atoms with Crippen molar-refractivity contribution in [3.8, 4) is 5.75 Å². The minimum atomic E-state index is -4.74. The van der Waals surface area contributed by atoms with Gasteiger partial charge in [-0.15, -0.1) is 18.3 Å². The molecule has 0 bridgehead atoms. The Morgan fingerprint density at radius 1 is 1.40 bits per heavy atom. The Bertz CT molecular complexity index is 676. The number of carbonyl (C=O) groups is 1. The molecule has 2 rings (SSSR count). The first-order chi connectivity index (χ1) is 11.8. The van der Waals surface area contributed by atoms with Gasteiger partial charge in [-0.1, -0.05) is 17.3 Å². The predicted octanol–water partition coefficient (Wildman–Crippen LogP) is 2.41. The van der Waals surface area contributed by atoms with Crippen LogP contribution < -0.4 is 10.1 Å². The van der Waals surface area contributed by atoms with Gasteiger partial charge >= 0.3 is 12.4 Å². The van der Waals surface area contributed by atoms with Crippen LogP contribution in [0.3, 0.4) is 0 Å². The molecule has 0 spiro atoms. The molecule has 0 aliphatic rings. The van der Waals surface area contributed by atoms with Crippen molar-refractivity contribution in [3.63, 3.8) is 0 Å². The number of hydrogen-bond acceptors (Lipinski definition) is 4. The van der Waals surface area contributed by atoms with Crippen LogP contribution in [-0.2, 0) is 13.1 Å². The lowest BCUT2D eigenvalue weighted by atomic mass is 10.2. The first-order valence-corrected chi connectivity index (χ1v) is 7.51. The highest BCUT2D eigenvalue weighted by molar-refractivity contribution is 5.73. The number of hydrogen-bond donors (Lipinski definition) is 1. The number of alkyl halides is 3. The van der Waals surface area contributed by atoms with Gasteiger partial charge < -0.3 is 15.0 Å². The summed E-state index contributed by atoms with van der Waals surface area (Å²) >= 11 is 0. The normalized spacial score (nSPS) is 11.2. The van der Waals surface area contributed by atoms with Crippen molar-refractivity contribution in [2.24, 2.45) is 0 Å². The van der Waals surface area contributed by atoms with E-state index in [2.05, 4.69) is 20.4 Å². The van der Waals surface area contributed by atoms with E-state index >= 15 is 0 Å². The summed E-state index contributed by atoms with van der Waals surface area (Å²) in [5, 5.41) is 10.2. The third-order valence-corrected chi connectivity index (χ3v) is 3.21. The molecule has 0 fully saturated rings. The molecule has 1 aromatic heterocycles. The van der Waals surface area contributed by atoms with Crippen molar-refractivity contribution in [3.05, 3.63) is 42.2 Å². The van der Waals surface area contributed by atoms with Gasteiger partial charge in [0.25, 0.3) is 0 Å². The fourth-order valence-electron chi connectivity index (χ4n) is 2.11. The molecule has 136 valence electrons. The van der Waals surface area contributed by atoms with Crippen LogP contribution in [0.25, 0.3) is 0 Å². The molecule has 0 saturated heterocycles. The van der Waals surface area contributed by atoms with Crippen molar-refractivity contribution in [1.82, 2.24) is 25.2 Å². The Hall–Kier alpha value is -2.78. The van der Waals surface area contributed by atoms with Gasteiger partial charge in [-0.3, -0.25) is 4.68 Å². The summed E-state index contributed by atoms with van der Waals surface area (Å²) in [5.74, 6) is -0.313. The number of nitrogens with zero attached hydrogens (tertiary/aromatic N) is 4. The third kappa shape index (κ3) is 6.69. The molecule has 1 N–H and O–H groups in total. The van der Waals surface area contributed by atoms with Crippen LogP contribution in [0.5, 0.6) is 5.75 Å². The number of halogens is 3. The van der Waals surface area contributed by atoms with E-state index in [4.69, 9.17) is 0 Å². The van der Waals surface area contributed by atoms with Gasteiger partial charge in [0.15, 0.2) is 0 Å². The summed E-state index contributed by atoms with van der Waals surface area (Å²) in [6, 6.07) is 5.21. The molecule has 0 aliphatic heterocycles. The Kier molecular flexibility index (Phi) is 6.20. The molecule has 2 amide bonds. The fraction of sp³-hybridized carbons (Fsp3) is 0.400. The smallest absolute Gasteiger partial charge is 0.406 e. The number of ether oxygens (including phenoxy) is 1. The molecule has 0 radical (unpaired) electrons. The second-order valence-electron chi connectivity index (χ2n) is 5.30. The highest BCUT2D eigenvalue weighted by Gasteiger charge is 2.31. The largest absolute Gasteiger partial charge is 0.573 e. The topological polar surface area (TPSA) is 72.3 Å². The second-order valence-corrected chi connectivity index (χ2v) is 5.30. The molecule has 2 aromatic rings. The molecule has 1 heterocycles. The molecule has 0 aliphatic carbocycles. The van der Waals surface area contributed by atoms with E-state index in [1.54, 1.807) is 30.2 Å². The number of carbonyl (C=O) groups excluding carboxylic acids is 1. The van der Waals surface area contributed by atoms with Crippen molar-refractivity contribution in [1.29, 1.82) is 0 Å². The first kappa shape index (κ1) is 18.6. The third-order valence-electron chi connectivity index (χ3n) is 3.21. The Morgan fingerprint density at radius 2 is 2.20 bits per heavy atom. The molecular weight excluding hydrogens is 339 g/mol.